The zero-order valence-corrected chi connectivity index (χ0v) is 12.1. The monoisotopic (exact) mass is 263 g/mol. The van der Waals surface area contributed by atoms with Crippen LogP contribution >= 0.6 is 0 Å². The number of rotatable bonds is 4. The van der Waals surface area contributed by atoms with Crippen LogP contribution in [0.25, 0.3) is 0 Å². The summed E-state index contributed by atoms with van der Waals surface area (Å²) in [6, 6.07) is 0. The van der Waals surface area contributed by atoms with Crippen LogP contribution in [0.1, 0.15) is 33.6 Å². The third kappa shape index (κ3) is 4.91. The minimum Gasteiger partial charge on any atom is -0.319 e. The van der Waals surface area contributed by atoms with Crippen LogP contribution < -0.4 is 10.0 Å². The highest BCUT2D eigenvalue weighted by Gasteiger charge is 2.30. The van der Waals surface area contributed by atoms with Gasteiger partial charge in [-0.2, -0.15) is 17.4 Å². The Kier molecular flexibility index (Phi) is 4.95. The number of nitrogens with one attached hydrogen (secondary N) is 2. The van der Waals surface area contributed by atoms with E-state index in [9.17, 15) is 8.42 Å². The van der Waals surface area contributed by atoms with Crippen LogP contribution in [0.2, 0.25) is 0 Å². The fourth-order valence-corrected chi connectivity index (χ4v) is 3.69. The maximum atomic E-state index is 12.1. The van der Waals surface area contributed by atoms with E-state index < -0.39 is 15.7 Å². The average Bonchev–Trinajstić information content (AvgIpc) is 2.15. The molecule has 1 aliphatic heterocycles. The lowest BCUT2D eigenvalue weighted by atomic mass is 9.98. The third-order valence-electron chi connectivity index (χ3n) is 2.84. The van der Waals surface area contributed by atoms with Gasteiger partial charge in [0.15, 0.2) is 0 Å². The zero-order valence-electron chi connectivity index (χ0n) is 11.3. The number of nitrogens with zero attached hydrogens (tertiary/aromatic N) is 1. The van der Waals surface area contributed by atoms with Crippen LogP contribution in [-0.4, -0.2) is 44.9 Å². The molecule has 0 atom stereocenters. The Labute approximate surface area is 105 Å². The van der Waals surface area contributed by atoms with Gasteiger partial charge in [0.05, 0.1) is 0 Å². The molecule has 6 heteroatoms. The molecule has 0 unspecified atom stereocenters. The highest BCUT2D eigenvalue weighted by Crippen LogP contribution is 2.19. The van der Waals surface area contributed by atoms with Crippen molar-refractivity contribution in [1.29, 1.82) is 0 Å². The molecule has 0 radical (unpaired) electrons. The van der Waals surface area contributed by atoms with Crippen LogP contribution in [0.15, 0.2) is 0 Å². The summed E-state index contributed by atoms with van der Waals surface area (Å²) >= 11 is 0. The van der Waals surface area contributed by atoms with Gasteiger partial charge < -0.3 is 5.32 Å². The van der Waals surface area contributed by atoms with Crippen molar-refractivity contribution in [2.45, 2.75) is 39.2 Å². The molecule has 0 aromatic heterocycles. The summed E-state index contributed by atoms with van der Waals surface area (Å²) in [5.41, 5.74) is -0.416. The van der Waals surface area contributed by atoms with Gasteiger partial charge in [-0.15, -0.1) is 0 Å². The molecule has 1 heterocycles. The Morgan fingerprint density at radius 3 is 2.18 bits per heavy atom. The maximum absolute atomic E-state index is 12.1. The van der Waals surface area contributed by atoms with Gasteiger partial charge in [0.25, 0.3) is 10.2 Å². The normalized spacial score (nSPS) is 20.7. The molecule has 2 N–H and O–H groups in total. The Morgan fingerprint density at radius 2 is 1.76 bits per heavy atom. The Balaban J connectivity index is 2.53. The van der Waals surface area contributed by atoms with Crippen molar-refractivity contribution in [3.05, 3.63) is 0 Å². The largest absolute Gasteiger partial charge is 0.319 e. The van der Waals surface area contributed by atoms with Crippen molar-refractivity contribution in [2.75, 3.05) is 26.7 Å². The van der Waals surface area contributed by atoms with E-state index in [2.05, 4.69) is 10.0 Å². The second-order valence-electron chi connectivity index (χ2n) is 5.76. The molecular formula is C11H25N3O2S. The van der Waals surface area contributed by atoms with Crippen molar-refractivity contribution in [2.24, 2.45) is 5.92 Å². The average molecular weight is 263 g/mol. The molecule has 0 aliphatic carbocycles. The van der Waals surface area contributed by atoms with Gasteiger partial charge in [0.1, 0.15) is 0 Å². The maximum Gasteiger partial charge on any atom is 0.279 e. The van der Waals surface area contributed by atoms with Gasteiger partial charge >= 0.3 is 0 Å². The first kappa shape index (κ1) is 14.9. The van der Waals surface area contributed by atoms with E-state index in [1.54, 1.807) is 4.31 Å². The predicted octanol–water partition coefficient (Wildman–Crippen LogP) is 0.551. The van der Waals surface area contributed by atoms with Gasteiger partial charge in [0.2, 0.25) is 0 Å². The molecule has 0 amide bonds. The Hall–Kier alpha value is -0.170. The second kappa shape index (κ2) is 5.65. The van der Waals surface area contributed by atoms with Gasteiger partial charge in [-0.1, -0.05) is 0 Å². The number of hydrogen-bond acceptors (Lipinski definition) is 3. The van der Waals surface area contributed by atoms with Crippen molar-refractivity contribution in [3.63, 3.8) is 0 Å². The van der Waals surface area contributed by atoms with E-state index in [0.717, 1.165) is 19.4 Å². The summed E-state index contributed by atoms with van der Waals surface area (Å²) in [5, 5.41) is 3.15. The van der Waals surface area contributed by atoms with E-state index in [4.69, 9.17) is 0 Å². The first-order chi connectivity index (χ1) is 7.74. The van der Waals surface area contributed by atoms with E-state index in [1.807, 2.05) is 27.8 Å². The van der Waals surface area contributed by atoms with Gasteiger partial charge in [-0.25, -0.2) is 0 Å². The Morgan fingerprint density at radius 1 is 1.24 bits per heavy atom. The van der Waals surface area contributed by atoms with Crippen molar-refractivity contribution >= 4 is 10.2 Å². The SMILES string of the molecule is CNCC1CCN(S(=O)(=O)NC(C)(C)C)CC1. The number of piperidine rings is 1. The van der Waals surface area contributed by atoms with E-state index in [1.165, 1.54) is 0 Å². The molecule has 5 nitrogen and oxygen atoms in total. The molecule has 1 saturated heterocycles. The molecule has 0 aromatic carbocycles. The lowest BCUT2D eigenvalue weighted by Gasteiger charge is -2.33. The molecule has 17 heavy (non-hydrogen) atoms. The Bertz CT molecular complexity index is 327. The summed E-state index contributed by atoms with van der Waals surface area (Å²) in [5.74, 6) is 0.598. The summed E-state index contributed by atoms with van der Waals surface area (Å²) in [7, 11) is -1.38. The smallest absolute Gasteiger partial charge is 0.279 e. The topological polar surface area (TPSA) is 61.4 Å². The van der Waals surface area contributed by atoms with Crippen LogP contribution in [0.5, 0.6) is 0 Å². The lowest BCUT2D eigenvalue weighted by Crippen LogP contribution is -2.51. The standard InChI is InChI=1S/C11H25N3O2S/c1-11(2,3)13-17(15,16)14-7-5-10(6-8-14)9-12-4/h10,12-13H,5-9H2,1-4H3. The third-order valence-corrected chi connectivity index (χ3v) is 4.76. The lowest BCUT2D eigenvalue weighted by molar-refractivity contribution is 0.265. The van der Waals surface area contributed by atoms with Crippen LogP contribution in [0.4, 0.5) is 0 Å². The molecule has 1 rings (SSSR count). The van der Waals surface area contributed by atoms with Gasteiger partial charge in [-0.05, 0) is 53.1 Å². The summed E-state index contributed by atoms with van der Waals surface area (Å²) in [4.78, 5) is 0. The summed E-state index contributed by atoms with van der Waals surface area (Å²) in [6.07, 6.45) is 1.87. The zero-order chi connectivity index (χ0) is 13.1. The van der Waals surface area contributed by atoms with Crippen molar-refractivity contribution < 1.29 is 8.42 Å². The van der Waals surface area contributed by atoms with Crippen LogP contribution in [0, 0.1) is 5.92 Å². The summed E-state index contributed by atoms with van der Waals surface area (Å²) < 4.78 is 28.4. The van der Waals surface area contributed by atoms with Crippen LogP contribution in [-0.2, 0) is 10.2 Å². The quantitative estimate of drug-likeness (QED) is 0.779. The van der Waals surface area contributed by atoms with E-state index in [0.29, 0.717) is 19.0 Å². The second-order valence-corrected chi connectivity index (χ2v) is 7.43. The fourth-order valence-electron chi connectivity index (χ4n) is 2.09. The van der Waals surface area contributed by atoms with Gasteiger partial charge in [0, 0.05) is 18.6 Å². The molecule has 1 fully saturated rings. The highest BCUT2D eigenvalue weighted by atomic mass is 32.2. The highest BCUT2D eigenvalue weighted by molar-refractivity contribution is 7.87. The van der Waals surface area contributed by atoms with Crippen LogP contribution in [0.3, 0.4) is 0 Å². The van der Waals surface area contributed by atoms with E-state index in [-0.39, 0.29) is 0 Å². The predicted molar refractivity (Wildman–Crippen MR) is 70.0 cm³/mol. The van der Waals surface area contributed by atoms with Gasteiger partial charge in [-0.3, -0.25) is 0 Å². The molecular weight excluding hydrogens is 238 g/mol. The minimum atomic E-state index is -3.32. The van der Waals surface area contributed by atoms with Crippen molar-refractivity contribution in [3.8, 4) is 0 Å². The fraction of sp³-hybridized carbons (Fsp3) is 1.00. The molecule has 0 spiro atoms. The first-order valence-electron chi connectivity index (χ1n) is 6.18. The van der Waals surface area contributed by atoms with E-state index >= 15 is 0 Å². The summed E-state index contributed by atoms with van der Waals surface area (Å²) in [6.45, 7) is 7.80. The molecule has 0 bridgehead atoms. The molecule has 102 valence electrons. The van der Waals surface area contributed by atoms with Crippen molar-refractivity contribution in [1.82, 2.24) is 14.3 Å². The molecule has 0 saturated carbocycles. The first-order valence-corrected chi connectivity index (χ1v) is 7.62. The molecule has 0 aromatic rings. The number of hydrogen-bond donors (Lipinski definition) is 2. The minimum absolute atomic E-state index is 0.416. The molecule has 1 aliphatic rings.